The number of halogens is 1. The quantitative estimate of drug-likeness (QED) is 0.268. The Balaban J connectivity index is 1.79. The van der Waals surface area contributed by atoms with E-state index >= 15 is 0 Å². The van der Waals surface area contributed by atoms with Crippen molar-refractivity contribution in [2.75, 3.05) is 16.8 Å². The molecule has 198 valence electrons. The molecule has 37 heavy (non-hydrogen) atoms. The SMILES string of the molecule is CC(C)CN(c1ccc(-c2ccccc2C(=O)OC(C)(C)C)cc1Nc1nc(Br)ns1)C1CCCCC1. The summed E-state index contributed by atoms with van der Waals surface area (Å²) in [4.78, 5) is 20.1. The lowest BCUT2D eigenvalue weighted by Gasteiger charge is -2.38. The van der Waals surface area contributed by atoms with E-state index in [9.17, 15) is 4.79 Å². The molecule has 1 heterocycles. The first-order valence-electron chi connectivity index (χ1n) is 13.1. The second-order valence-electron chi connectivity index (χ2n) is 11.1. The summed E-state index contributed by atoms with van der Waals surface area (Å²) in [7, 11) is 0. The third kappa shape index (κ3) is 7.32. The largest absolute Gasteiger partial charge is 0.456 e. The van der Waals surface area contributed by atoms with Crippen molar-refractivity contribution in [3.05, 3.63) is 52.8 Å². The highest BCUT2D eigenvalue weighted by atomic mass is 79.9. The average molecular weight is 586 g/mol. The van der Waals surface area contributed by atoms with Crippen molar-refractivity contribution in [3.8, 4) is 11.1 Å². The maximum Gasteiger partial charge on any atom is 0.339 e. The van der Waals surface area contributed by atoms with Crippen LogP contribution in [0.15, 0.2) is 47.2 Å². The van der Waals surface area contributed by atoms with Crippen LogP contribution in [0.25, 0.3) is 11.1 Å². The molecule has 6 nitrogen and oxygen atoms in total. The maximum atomic E-state index is 13.1. The molecule has 1 aliphatic carbocycles. The van der Waals surface area contributed by atoms with E-state index in [1.807, 2.05) is 45.0 Å². The summed E-state index contributed by atoms with van der Waals surface area (Å²) < 4.78 is 10.6. The van der Waals surface area contributed by atoms with Gasteiger partial charge in [-0.3, -0.25) is 0 Å². The third-order valence-electron chi connectivity index (χ3n) is 6.38. The molecule has 1 saturated carbocycles. The first-order chi connectivity index (χ1) is 17.6. The molecule has 1 fully saturated rings. The standard InChI is InChI=1S/C29H37BrN4O2S/c1-19(2)18-34(21-11-7-6-8-12-21)25-16-15-20(17-24(25)31-28-32-27(30)33-37-28)22-13-9-10-14-23(22)26(35)36-29(3,4)5/h9-10,13-17,19,21H,6-8,11-12,18H2,1-5H3,(H,31,32,33). The predicted octanol–water partition coefficient (Wildman–Crippen LogP) is 8.46. The van der Waals surface area contributed by atoms with Gasteiger partial charge in [0.05, 0.1) is 16.9 Å². The lowest BCUT2D eigenvalue weighted by Crippen LogP contribution is -2.39. The normalized spacial score (nSPS) is 14.6. The molecule has 0 amide bonds. The highest BCUT2D eigenvalue weighted by Gasteiger charge is 2.26. The minimum atomic E-state index is -0.566. The van der Waals surface area contributed by atoms with Gasteiger partial charge in [0.15, 0.2) is 0 Å². The molecular weight excluding hydrogens is 548 g/mol. The zero-order valence-electron chi connectivity index (χ0n) is 22.4. The second-order valence-corrected chi connectivity index (χ2v) is 12.6. The molecule has 2 aromatic carbocycles. The number of esters is 1. The van der Waals surface area contributed by atoms with Crippen LogP contribution in [-0.2, 0) is 4.74 Å². The summed E-state index contributed by atoms with van der Waals surface area (Å²) in [6.45, 7) is 11.2. The Morgan fingerprint density at radius 2 is 1.89 bits per heavy atom. The molecule has 0 radical (unpaired) electrons. The number of carbonyl (C=O) groups is 1. The van der Waals surface area contributed by atoms with Crippen molar-refractivity contribution in [1.29, 1.82) is 0 Å². The number of anilines is 3. The fraction of sp³-hybridized carbons (Fsp3) is 0.483. The number of benzene rings is 2. The van der Waals surface area contributed by atoms with Crippen LogP contribution in [0.5, 0.6) is 0 Å². The van der Waals surface area contributed by atoms with Crippen molar-refractivity contribution >= 4 is 49.9 Å². The van der Waals surface area contributed by atoms with Crippen molar-refractivity contribution in [2.24, 2.45) is 5.92 Å². The Morgan fingerprint density at radius 1 is 1.16 bits per heavy atom. The molecule has 1 N–H and O–H groups in total. The van der Waals surface area contributed by atoms with Crippen LogP contribution in [0.2, 0.25) is 0 Å². The molecule has 0 spiro atoms. The van der Waals surface area contributed by atoms with Gasteiger partial charge in [-0.25, -0.2) is 4.79 Å². The van der Waals surface area contributed by atoms with Gasteiger partial charge < -0.3 is 15.0 Å². The molecule has 4 rings (SSSR count). The number of nitrogens with zero attached hydrogens (tertiary/aromatic N) is 3. The molecular formula is C29H37BrN4O2S. The summed E-state index contributed by atoms with van der Waals surface area (Å²) in [5.74, 6) is 0.205. The Morgan fingerprint density at radius 3 is 2.54 bits per heavy atom. The van der Waals surface area contributed by atoms with Gasteiger partial charge in [0.2, 0.25) is 9.87 Å². The lowest BCUT2D eigenvalue weighted by atomic mass is 9.92. The summed E-state index contributed by atoms with van der Waals surface area (Å²) in [5, 5.41) is 4.26. The van der Waals surface area contributed by atoms with Gasteiger partial charge in [0, 0.05) is 24.1 Å². The summed E-state index contributed by atoms with van der Waals surface area (Å²) in [6, 6.07) is 14.6. The minimum absolute atomic E-state index is 0.321. The van der Waals surface area contributed by atoms with Gasteiger partial charge >= 0.3 is 5.97 Å². The smallest absolute Gasteiger partial charge is 0.339 e. The van der Waals surface area contributed by atoms with Gasteiger partial charge in [0.25, 0.3) is 0 Å². The zero-order valence-corrected chi connectivity index (χ0v) is 24.8. The van der Waals surface area contributed by atoms with E-state index < -0.39 is 5.60 Å². The molecule has 3 aromatic rings. The van der Waals surface area contributed by atoms with E-state index in [-0.39, 0.29) is 5.97 Å². The molecule has 0 saturated heterocycles. The number of nitrogens with one attached hydrogen (secondary N) is 1. The number of carbonyl (C=O) groups excluding carboxylic acids is 1. The van der Waals surface area contributed by atoms with Crippen LogP contribution in [0.4, 0.5) is 16.5 Å². The van der Waals surface area contributed by atoms with Crippen LogP contribution in [0, 0.1) is 5.92 Å². The minimum Gasteiger partial charge on any atom is -0.456 e. The summed E-state index contributed by atoms with van der Waals surface area (Å²) in [5.41, 5.74) is 3.91. The Labute approximate surface area is 233 Å². The van der Waals surface area contributed by atoms with Crippen molar-refractivity contribution in [1.82, 2.24) is 9.36 Å². The Hall–Kier alpha value is -2.45. The van der Waals surface area contributed by atoms with Crippen LogP contribution < -0.4 is 10.2 Å². The number of hydrogen-bond acceptors (Lipinski definition) is 7. The van der Waals surface area contributed by atoms with Crippen LogP contribution >= 0.6 is 27.5 Å². The Kier molecular flexibility index (Phi) is 8.90. The van der Waals surface area contributed by atoms with E-state index in [1.165, 1.54) is 43.6 Å². The zero-order chi connectivity index (χ0) is 26.6. The molecule has 8 heteroatoms. The van der Waals surface area contributed by atoms with E-state index in [4.69, 9.17) is 4.74 Å². The number of ether oxygens (including phenoxy) is 1. The molecule has 0 unspecified atom stereocenters. The van der Waals surface area contributed by atoms with Crippen molar-refractivity contribution in [2.45, 2.75) is 78.4 Å². The van der Waals surface area contributed by atoms with Gasteiger partial charge in [-0.15, -0.1) is 0 Å². The topological polar surface area (TPSA) is 67.3 Å². The highest BCUT2D eigenvalue weighted by molar-refractivity contribution is 9.10. The van der Waals surface area contributed by atoms with Crippen LogP contribution in [-0.4, -0.2) is 33.5 Å². The van der Waals surface area contributed by atoms with Gasteiger partial charge in [-0.1, -0.05) is 57.4 Å². The fourth-order valence-electron chi connectivity index (χ4n) is 4.90. The van der Waals surface area contributed by atoms with E-state index in [1.54, 1.807) is 0 Å². The van der Waals surface area contributed by atoms with E-state index in [2.05, 4.69) is 67.6 Å². The molecule has 0 atom stereocenters. The Bertz CT molecular complexity index is 1210. The van der Waals surface area contributed by atoms with Gasteiger partial charge in [0.1, 0.15) is 5.60 Å². The molecule has 0 bridgehead atoms. The third-order valence-corrected chi connectivity index (χ3v) is 7.60. The number of aromatic nitrogens is 2. The monoisotopic (exact) mass is 584 g/mol. The second kappa shape index (κ2) is 11.9. The maximum absolute atomic E-state index is 13.1. The van der Waals surface area contributed by atoms with E-state index in [0.29, 0.717) is 22.3 Å². The molecule has 0 aliphatic heterocycles. The summed E-state index contributed by atoms with van der Waals surface area (Å²) >= 11 is 4.69. The number of rotatable bonds is 8. The van der Waals surface area contributed by atoms with Crippen LogP contribution in [0.1, 0.15) is 77.1 Å². The van der Waals surface area contributed by atoms with Gasteiger partial charge in [-0.2, -0.15) is 9.36 Å². The van der Waals surface area contributed by atoms with Crippen LogP contribution in [0.3, 0.4) is 0 Å². The number of hydrogen-bond donors (Lipinski definition) is 1. The molecule has 1 aliphatic rings. The summed E-state index contributed by atoms with van der Waals surface area (Å²) in [6.07, 6.45) is 6.27. The average Bonchev–Trinajstić information content (AvgIpc) is 3.26. The van der Waals surface area contributed by atoms with Crippen molar-refractivity contribution < 1.29 is 9.53 Å². The predicted molar refractivity (Wildman–Crippen MR) is 157 cm³/mol. The van der Waals surface area contributed by atoms with E-state index in [0.717, 1.165) is 34.2 Å². The fourth-order valence-corrected chi connectivity index (χ4v) is 5.90. The van der Waals surface area contributed by atoms with Gasteiger partial charge in [-0.05, 0) is 84.8 Å². The van der Waals surface area contributed by atoms with Crippen molar-refractivity contribution in [3.63, 3.8) is 0 Å². The first kappa shape index (κ1) is 27.6. The first-order valence-corrected chi connectivity index (χ1v) is 14.7. The highest BCUT2D eigenvalue weighted by Crippen LogP contribution is 2.39. The molecule has 1 aromatic heterocycles. The lowest BCUT2D eigenvalue weighted by molar-refractivity contribution is 0.00704.